The molecule has 0 saturated carbocycles. The monoisotopic (exact) mass is 367 g/mol. The molecule has 0 aliphatic carbocycles. The molecule has 3 aromatic rings. The van der Waals surface area contributed by atoms with Crippen LogP contribution in [0, 0.1) is 0 Å². The molecule has 0 bridgehead atoms. The minimum atomic E-state index is -0.616. The number of rotatable bonds is 4. The number of amides is 1. The number of aromatic nitrogens is 4. The Bertz CT molecular complexity index is 905. The number of carbonyl (C=O) groups is 1. The Morgan fingerprint density at radius 3 is 2.54 bits per heavy atom. The summed E-state index contributed by atoms with van der Waals surface area (Å²) in [5.41, 5.74) is 1.61. The van der Waals surface area contributed by atoms with Gasteiger partial charge < -0.3 is 4.90 Å². The van der Waals surface area contributed by atoms with E-state index in [1.54, 1.807) is 12.1 Å². The van der Waals surface area contributed by atoms with Crippen LogP contribution in [0.2, 0.25) is 5.02 Å². The third kappa shape index (κ3) is 3.32. The molecule has 0 spiro atoms. The fourth-order valence-electron chi connectivity index (χ4n) is 3.20. The lowest BCUT2D eigenvalue weighted by atomic mass is 10.1. The topological polar surface area (TPSA) is 63.9 Å². The van der Waals surface area contributed by atoms with E-state index in [1.165, 1.54) is 4.80 Å². The summed E-state index contributed by atoms with van der Waals surface area (Å²) in [5.74, 6) is 0.450. The number of hydrogen-bond donors (Lipinski definition) is 0. The molecule has 0 unspecified atom stereocenters. The van der Waals surface area contributed by atoms with Crippen molar-refractivity contribution >= 4 is 17.5 Å². The predicted octanol–water partition coefficient (Wildman–Crippen LogP) is 3.21. The van der Waals surface area contributed by atoms with Crippen molar-refractivity contribution in [2.45, 2.75) is 18.9 Å². The van der Waals surface area contributed by atoms with Gasteiger partial charge >= 0.3 is 0 Å². The van der Waals surface area contributed by atoms with Crippen LogP contribution in [0.25, 0.3) is 11.4 Å². The van der Waals surface area contributed by atoms with Crippen molar-refractivity contribution in [1.82, 2.24) is 25.1 Å². The van der Waals surface area contributed by atoms with E-state index in [0.717, 1.165) is 37.1 Å². The lowest BCUT2D eigenvalue weighted by Gasteiger charge is -2.22. The maximum absolute atomic E-state index is 13.1. The van der Waals surface area contributed by atoms with Crippen molar-refractivity contribution in [2.24, 2.45) is 0 Å². The fraction of sp³-hybridized carbons (Fsp3) is 0.263. The third-order valence-electron chi connectivity index (χ3n) is 4.51. The largest absolute Gasteiger partial charge is 0.340 e. The summed E-state index contributed by atoms with van der Waals surface area (Å²) >= 11 is 6.05. The highest BCUT2D eigenvalue weighted by atomic mass is 35.5. The Labute approximate surface area is 156 Å². The molecule has 2 heterocycles. The zero-order valence-corrected chi connectivity index (χ0v) is 14.9. The lowest BCUT2D eigenvalue weighted by Crippen LogP contribution is -2.36. The molecule has 132 valence electrons. The summed E-state index contributed by atoms with van der Waals surface area (Å²) < 4.78 is 0. The normalized spacial score (nSPS) is 15.2. The first-order chi connectivity index (χ1) is 12.7. The maximum Gasteiger partial charge on any atom is 0.254 e. The molecule has 1 saturated heterocycles. The van der Waals surface area contributed by atoms with Crippen LogP contribution in [-0.2, 0) is 4.79 Å². The first kappa shape index (κ1) is 16.7. The molecule has 26 heavy (non-hydrogen) atoms. The summed E-state index contributed by atoms with van der Waals surface area (Å²) in [6, 6.07) is 16.2. The summed E-state index contributed by atoms with van der Waals surface area (Å²) in [6.07, 6.45) is 2.07. The van der Waals surface area contributed by atoms with Crippen molar-refractivity contribution in [3.8, 4) is 11.4 Å². The second-order valence-corrected chi connectivity index (χ2v) is 6.73. The summed E-state index contributed by atoms with van der Waals surface area (Å²) in [5, 5.41) is 13.4. The summed E-state index contributed by atoms with van der Waals surface area (Å²) in [6.45, 7) is 1.55. The number of likely N-dealkylation sites (tertiary alicyclic amines) is 1. The summed E-state index contributed by atoms with van der Waals surface area (Å²) in [4.78, 5) is 16.4. The molecule has 7 heteroatoms. The molecule has 1 aliphatic rings. The van der Waals surface area contributed by atoms with Gasteiger partial charge in [-0.3, -0.25) is 4.79 Å². The smallest absolute Gasteiger partial charge is 0.254 e. The number of carbonyl (C=O) groups excluding carboxylic acids is 1. The predicted molar refractivity (Wildman–Crippen MR) is 98.7 cm³/mol. The number of nitrogens with zero attached hydrogens (tertiary/aromatic N) is 5. The van der Waals surface area contributed by atoms with Gasteiger partial charge in [-0.05, 0) is 35.8 Å². The van der Waals surface area contributed by atoms with Crippen molar-refractivity contribution in [3.63, 3.8) is 0 Å². The van der Waals surface area contributed by atoms with Gasteiger partial charge in [0.05, 0.1) is 0 Å². The average Bonchev–Trinajstić information content (AvgIpc) is 3.35. The highest BCUT2D eigenvalue weighted by Crippen LogP contribution is 2.24. The maximum atomic E-state index is 13.1. The van der Waals surface area contributed by atoms with E-state index in [1.807, 2.05) is 47.4 Å². The number of tetrazole rings is 1. The van der Waals surface area contributed by atoms with Gasteiger partial charge in [0.2, 0.25) is 5.82 Å². The van der Waals surface area contributed by atoms with E-state index in [4.69, 9.17) is 11.6 Å². The standard InChI is InChI=1S/C19H18ClN5O/c20-16-10-6-9-15(13-16)18-21-23-25(22-18)17(14-7-2-1-3-8-14)19(26)24-11-4-5-12-24/h1-3,6-10,13,17H,4-5,11-12H2/t17-/m0/s1. The molecule has 2 aromatic carbocycles. The van der Waals surface area contributed by atoms with Crippen LogP contribution in [0.3, 0.4) is 0 Å². The Kier molecular flexibility index (Phi) is 4.67. The molecule has 4 rings (SSSR count). The van der Waals surface area contributed by atoms with E-state index >= 15 is 0 Å². The Morgan fingerprint density at radius 1 is 1.04 bits per heavy atom. The highest BCUT2D eigenvalue weighted by Gasteiger charge is 2.31. The van der Waals surface area contributed by atoms with Crippen LogP contribution < -0.4 is 0 Å². The van der Waals surface area contributed by atoms with Crippen LogP contribution in [-0.4, -0.2) is 44.1 Å². The average molecular weight is 368 g/mol. The quantitative estimate of drug-likeness (QED) is 0.710. The van der Waals surface area contributed by atoms with E-state index in [9.17, 15) is 4.79 Å². The number of benzene rings is 2. The molecule has 1 aromatic heterocycles. The first-order valence-electron chi connectivity index (χ1n) is 8.61. The van der Waals surface area contributed by atoms with Crippen LogP contribution in [0.1, 0.15) is 24.4 Å². The summed E-state index contributed by atoms with van der Waals surface area (Å²) in [7, 11) is 0. The SMILES string of the molecule is O=C([C@H](c1ccccc1)n1nnc(-c2cccc(Cl)c2)n1)N1CCCC1. The fourth-order valence-corrected chi connectivity index (χ4v) is 3.39. The molecular formula is C19H18ClN5O. The molecule has 1 amide bonds. The van der Waals surface area contributed by atoms with Gasteiger partial charge in [0.25, 0.3) is 5.91 Å². The zero-order chi connectivity index (χ0) is 17.9. The Morgan fingerprint density at radius 2 is 1.81 bits per heavy atom. The Hall–Kier alpha value is -2.73. The van der Waals surface area contributed by atoms with Crippen molar-refractivity contribution < 1.29 is 4.79 Å². The van der Waals surface area contributed by atoms with Gasteiger partial charge in [-0.2, -0.15) is 0 Å². The van der Waals surface area contributed by atoms with E-state index < -0.39 is 6.04 Å². The molecule has 0 radical (unpaired) electrons. The molecular weight excluding hydrogens is 350 g/mol. The van der Waals surface area contributed by atoms with Gasteiger partial charge in [0.15, 0.2) is 6.04 Å². The lowest BCUT2D eigenvalue weighted by molar-refractivity contribution is -0.133. The van der Waals surface area contributed by atoms with Gasteiger partial charge in [-0.1, -0.05) is 54.1 Å². The highest BCUT2D eigenvalue weighted by molar-refractivity contribution is 6.30. The second-order valence-electron chi connectivity index (χ2n) is 6.29. The minimum Gasteiger partial charge on any atom is -0.340 e. The van der Waals surface area contributed by atoms with E-state index in [-0.39, 0.29) is 5.91 Å². The van der Waals surface area contributed by atoms with Crippen LogP contribution >= 0.6 is 11.6 Å². The van der Waals surface area contributed by atoms with Crippen molar-refractivity contribution in [1.29, 1.82) is 0 Å². The number of hydrogen-bond acceptors (Lipinski definition) is 4. The van der Waals surface area contributed by atoms with E-state index in [0.29, 0.717) is 10.8 Å². The zero-order valence-electron chi connectivity index (χ0n) is 14.1. The minimum absolute atomic E-state index is 0.00347. The van der Waals surface area contributed by atoms with E-state index in [2.05, 4.69) is 15.4 Å². The van der Waals surface area contributed by atoms with Gasteiger partial charge in [-0.15, -0.1) is 15.0 Å². The van der Waals surface area contributed by atoms with Gasteiger partial charge in [0, 0.05) is 23.7 Å². The first-order valence-corrected chi connectivity index (χ1v) is 8.99. The molecule has 1 fully saturated rings. The molecule has 1 atom stereocenters. The third-order valence-corrected chi connectivity index (χ3v) is 4.74. The molecule has 1 aliphatic heterocycles. The van der Waals surface area contributed by atoms with Crippen molar-refractivity contribution in [2.75, 3.05) is 13.1 Å². The van der Waals surface area contributed by atoms with Crippen molar-refractivity contribution in [3.05, 3.63) is 65.2 Å². The van der Waals surface area contributed by atoms with Gasteiger partial charge in [0.1, 0.15) is 0 Å². The van der Waals surface area contributed by atoms with Crippen LogP contribution in [0.15, 0.2) is 54.6 Å². The molecule has 0 N–H and O–H groups in total. The van der Waals surface area contributed by atoms with Crippen LogP contribution in [0.5, 0.6) is 0 Å². The number of halogens is 1. The molecule has 6 nitrogen and oxygen atoms in total. The second kappa shape index (κ2) is 7.25. The Balaban J connectivity index is 1.71. The van der Waals surface area contributed by atoms with Gasteiger partial charge in [-0.25, -0.2) is 0 Å². The van der Waals surface area contributed by atoms with Crippen LogP contribution in [0.4, 0.5) is 0 Å².